The van der Waals surface area contributed by atoms with Gasteiger partial charge in [-0.15, -0.1) is 0 Å². The molecule has 1 rings (SSSR count). The smallest absolute Gasteiger partial charge is 0.255 e. The molecule has 0 spiro atoms. The fraction of sp³-hybridized carbons (Fsp3) is 0.364. The zero-order valence-corrected chi connectivity index (χ0v) is 8.67. The Balaban J connectivity index is 3.07. The summed E-state index contributed by atoms with van der Waals surface area (Å²) in [7, 11) is 1.56. The SMILES string of the molecule is Cc1cccc(C#N)c1N(C)CC(F)F. The van der Waals surface area contributed by atoms with Crippen LogP contribution in [-0.2, 0) is 0 Å². The number of benzene rings is 1. The lowest BCUT2D eigenvalue weighted by Crippen LogP contribution is -2.25. The highest BCUT2D eigenvalue weighted by Crippen LogP contribution is 2.23. The van der Waals surface area contributed by atoms with Crippen LogP contribution in [0.1, 0.15) is 11.1 Å². The molecule has 0 aromatic heterocycles. The van der Waals surface area contributed by atoms with Gasteiger partial charge in [0, 0.05) is 7.05 Å². The Labute approximate surface area is 87.7 Å². The van der Waals surface area contributed by atoms with E-state index in [0.29, 0.717) is 11.3 Å². The van der Waals surface area contributed by atoms with Crippen molar-refractivity contribution < 1.29 is 8.78 Å². The van der Waals surface area contributed by atoms with Crippen molar-refractivity contribution in [1.29, 1.82) is 5.26 Å². The molecular weight excluding hydrogens is 198 g/mol. The summed E-state index contributed by atoms with van der Waals surface area (Å²) in [4.78, 5) is 1.42. The molecule has 0 unspecified atom stereocenters. The van der Waals surface area contributed by atoms with Crippen LogP contribution in [0.15, 0.2) is 18.2 Å². The van der Waals surface area contributed by atoms with Crippen molar-refractivity contribution in [2.45, 2.75) is 13.3 Å². The zero-order chi connectivity index (χ0) is 11.4. The zero-order valence-electron chi connectivity index (χ0n) is 8.67. The summed E-state index contributed by atoms with van der Waals surface area (Å²) in [6.07, 6.45) is -2.40. The van der Waals surface area contributed by atoms with Crippen molar-refractivity contribution in [1.82, 2.24) is 0 Å². The summed E-state index contributed by atoms with van der Waals surface area (Å²) >= 11 is 0. The summed E-state index contributed by atoms with van der Waals surface area (Å²) in [5.74, 6) is 0. The summed E-state index contributed by atoms with van der Waals surface area (Å²) in [5.41, 5.74) is 1.84. The first kappa shape index (κ1) is 11.4. The van der Waals surface area contributed by atoms with E-state index in [0.717, 1.165) is 5.56 Å². The summed E-state index contributed by atoms with van der Waals surface area (Å²) in [6, 6.07) is 7.18. The van der Waals surface area contributed by atoms with Gasteiger partial charge in [0.25, 0.3) is 6.43 Å². The van der Waals surface area contributed by atoms with Gasteiger partial charge < -0.3 is 4.90 Å². The Hall–Kier alpha value is -1.63. The van der Waals surface area contributed by atoms with E-state index in [1.54, 1.807) is 32.2 Å². The molecule has 0 aliphatic rings. The number of nitrogens with zero attached hydrogens (tertiary/aromatic N) is 2. The molecule has 0 saturated heterocycles. The number of rotatable bonds is 3. The molecule has 0 aliphatic heterocycles. The van der Waals surface area contributed by atoms with Crippen molar-refractivity contribution in [3.8, 4) is 6.07 Å². The quantitative estimate of drug-likeness (QED) is 0.766. The molecule has 0 bridgehead atoms. The summed E-state index contributed by atoms with van der Waals surface area (Å²) in [5, 5.41) is 8.86. The lowest BCUT2D eigenvalue weighted by molar-refractivity contribution is 0.156. The lowest BCUT2D eigenvalue weighted by atomic mass is 10.1. The Morgan fingerprint density at radius 1 is 1.47 bits per heavy atom. The average Bonchev–Trinajstić information content (AvgIpc) is 2.15. The fourth-order valence-corrected chi connectivity index (χ4v) is 1.55. The molecule has 0 radical (unpaired) electrons. The third-order valence-corrected chi connectivity index (χ3v) is 2.15. The van der Waals surface area contributed by atoms with Gasteiger partial charge in [-0.05, 0) is 18.6 Å². The van der Waals surface area contributed by atoms with Crippen LogP contribution in [0.25, 0.3) is 0 Å². The highest BCUT2D eigenvalue weighted by atomic mass is 19.3. The molecule has 0 atom stereocenters. The van der Waals surface area contributed by atoms with Crippen molar-refractivity contribution >= 4 is 5.69 Å². The van der Waals surface area contributed by atoms with Crippen LogP contribution in [0.3, 0.4) is 0 Å². The second kappa shape index (κ2) is 4.74. The molecule has 0 N–H and O–H groups in total. The third-order valence-electron chi connectivity index (χ3n) is 2.15. The topological polar surface area (TPSA) is 27.0 Å². The molecule has 2 nitrogen and oxygen atoms in total. The minimum Gasteiger partial charge on any atom is -0.368 e. The Bertz CT molecular complexity index is 383. The monoisotopic (exact) mass is 210 g/mol. The van der Waals surface area contributed by atoms with E-state index < -0.39 is 6.43 Å². The van der Waals surface area contributed by atoms with E-state index in [1.165, 1.54) is 4.90 Å². The summed E-state index contributed by atoms with van der Waals surface area (Å²) in [6.45, 7) is 1.44. The van der Waals surface area contributed by atoms with E-state index in [4.69, 9.17) is 5.26 Å². The van der Waals surface area contributed by atoms with Crippen LogP contribution in [0.4, 0.5) is 14.5 Å². The van der Waals surface area contributed by atoms with E-state index in [-0.39, 0.29) is 6.54 Å². The maximum Gasteiger partial charge on any atom is 0.255 e. The van der Waals surface area contributed by atoms with Gasteiger partial charge in [-0.1, -0.05) is 12.1 Å². The highest BCUT2D eigenvalue weighted by Gasteiger charge is 2.13. The Kier molecular flexibility index (Phi) is 3.62. The average molecular weight is 210 g/mol. The van der Waals surface area contributed by atoms with Gasteiger partial charge in [0.05, 0.1) is 17.8 Å². The number of halogens is 2. The molecule has 0 aliphatic carbocycles. The maximum atomic E-state index is 12.2. The van der Waals surface area contributed by atoms with Gasteiger partial charge in [0.2, 0.25) is 0 Å². The minimum absolute atomic E-state index is 0.362. The van der Waals surface area contributed by atoms with Crippen LogP contribution in [0, 0.1) is 18.3 Å². The van der Waals surface area contributed by atoms with Crippen LogP contribution >= 0.6 is 0 Å². The predicted molar refractivity (Wildman–Crippen MR) is 55.2 cm³/mol. The third kappa shape index (κ3) is 2.66. The van der Waals surface area contributed by atoms with Gasteiger partial charge >= 0.3 is 0 Å². The van der Waals surface area contributed by atoms with Crippen LogP contribution in [0.2, 0.25) is 0 Å². The predicted octanol–water partition coefficient (Wildman–Crippen LogP) is 2.57. The normalized spacial score (nSPS) is 10.1. The molecule has 0 heterocycles. The second-order valence-corrected chi connectivity index (χ2v) is 3.35. The molecule has 0 saturated carbocycles. The molecular formula is C11H12F2N2. The molecule has 0 fully saturated rings. The molecule has 4 heteroatoms. The number of alkyl halides is 2. The molecule has 1 aromatic carbocycles. The molecule has 1 aromatic rings. The number of aryl methyl sites for hydroxylation is 1. The van der Waals surface area contributed by atoms with E-state index >= 15 is 0 Å². The van der Waals surface area contributed by atoms with Gasteiger partial charge in [-0.25, -0.2) is 8.78 Å². The van der Waals surface area contributed by atoms with Crippen LogP contribution in [0.5, 0.6) is 0 Å². The molecule has 80 valence electrons. The number of nitriles is 1. The number of anilines is 1. The van der Waals surface area contributed by atoms with Crippen LogP contribution < -0.4 is 4.90 Å². The lowest BCUT2D eigenvalue weighted by Gasteiger charge is -2.21. The highest BCUT2D eigenvalue weighted by molar-refractivity contribution is 5.63. The first-order valence-corrected chi connectivity index (χ1v) is 4.55. The van der Waals surface area contributed by atoms with E-state index in [2.05, 4.69) is 0 Å². The number of hydrogen-bond donors (Lipinski definition) is 0. The fourth-order valence-electron chi connectivity index (χ4n) is 1.55. The van der Waals surface area contributed by atoms with Crippen LogP contribution in [-0.4, -0.2) is 20.0 Å². The Morgan fingerprint density at radius 2 is 2.13 bits per heavy atom. The van der Waals surface area contributed by atoms with Crippen molar-refractivity contribution in [3.63, 3.8) is 0 Å². The molecule has 0 amide bonds. The molecule has 15 heavy (non-hydrogen) atoms. The number of hydrogen-bond acceptors (Lipinski definition) is 2. The largest absolute Gasteiger partial charge is 0.368 e. The van der Waals surface area contributed by atoms with Gasteiger partial charge in [0.15, 0.2) is 0 Å². The van der Waals surface area contributed by atoms with E-state index in [9.17, 15) is 8.78 Å². The maximum absolute atomic E-state index is 12.2. The van der Waals surface area contributed by atoms with Gasteiger partial charge in [-0.3, -0.25) is 0 Å². The van der Waals surface area contributed by atoms with Crippen molar-refractivity contribution in [3.05, 3.63) is 29.3 Å². The number of para-hydroxylation sites is 1. The minimum atomic E-state index is -2.40. The van der Waals surface area contributed by atoms with E-state index in [1.807, 2.05) is 6.07 Å². The Morgan fingerprint density at radius 3 is 2.67 bits per heavy atom. The van der Waals surface area contributed by atoms with Crippen molar-refractivity contribution in [2.75, 3.05) is 18.5 Å². The first-order chi connectivity index (χ1) is 7.06. The van der Waals surface area contributed by atoms with Gasteiger partial charge in [0.1, 0.15) is 6.07 Å². The first-order valence-electron chi connectivity index (χ1n) is 4.55. The van der Waals surface area contributed by atoms with Crippen molar-refractivity contribution in [2.24, 2.45) is 0 Å². The summed E-state index contributed by atoms with van der Waals surface area (Å²) < 4.78 is 24.4. The van der Waals surface area contributed by atoms with Gasteiger partial charge in [-0.2, -0.15) is 5.26 Å². The second-order valence-electron chi connectivity index (χ2n) is 3.35. The standard InChI is InChI=1S/C11H12F2N2/c1-8-4-3-5-9(6-14)11(8)15(2)7-10(12)13/h3-5,10H,7H2,1-2H3.